The summed E-state index contributed by atoms with van der Waals surface area (Å²) in [5.74, 6) is 0.734. The van der Waals surface area contributed by atoms with Crippen molar-refractivity contribution in [3.05, 3.63) is 0 Å². The molecule has 0 aromatic rings. The third kappa shape index (κ3) is 3.78. The molecule has 4 nitrogen and oxygen atoms in total. The van der Waals surface area contributed by atoms with Crippen molar-refractivity contribution in [2.75, 3.05) is 19.6 Å². The van der Waals surface area contributed by atoms with Crippen LogP contribution in [0.5, 0.6) is 0 Å². The fourth-order valence-electron chi connectivity index (χ4n) is 3.95. The Hall–Kier alpha value is -1.06. The van der Waals surface area contributed by atoms with Crippen LogP contribution in [0, 0.1) is 11.3 Å². The van der Waals surface area contributed by atoms with E-state index in [1.54, 1.807) is 0 Å². The van der Waals surface area contributed by atoms with E-state index in [9.17, 15) is 9.59 Å². The summed E-state index contributed by atoms with van der Waals surface area (Å²) >= 11 is 0. The minimum Gasteiger partial charge on any atom is -0.356 e. The number of rotatable bonds is 5. The molecule has 2 amide bonds. The molecule has 3 rings (SSSR count). The maximum Gasteiger partial charge on any atom is 0.223 e. The Balaban J connectivity index is 1.31. The highest BCUT2D eigenvalue weighted by Gasteiger charge is 2.37. The van der Waals surface area contributed by atoms with Crippen LogP contribution in [-0.4, -0.2) is 36.3 Å². The van der Waals surface area contributed by atoms with E-state index in [2.05, 4.69) is 5.32 Å². The topological polar surface area (TPSA) is 49.4 Å². The highest BCUT2D eigenvalue weighted by Crippen LogP contribution is 2.46. The van der Waals surface area contributed by atoms with Crippen molar-refractivity contribution in [1.29, 1.82) is 0 Å². The van der Waals surface area contributed by atoms with Crippen LogP contribution in [0.3, 0.4) is 0 Å². The lowest BCUT2D eigenvalue weighted by atomic mass is 9.77. The summed E-state index contributed by atoms with van der Waals surface area (Å²) < 4.78 is 0. The van der Waals surface area contributed by atoms with Gasteiger partial charge in [0.2, 0.25) is 11.8 Å². The van der Waals surface area contributed by atoms with E-state index in [0.29, 0.717) is 18.4 Å². The van der Waals surface area contributed by atoms with E-state index in [-0.39, 0.29) is 17.7 Å². The minimum atomic E-state index is 0.184. The molecule has 1 spiro atoms. The third-order valence-electron chi connectivity index (χ3n) is 5.66. The SMILES string of the molecule is O=C(NCCCC(=O)N1CCC2(CCCC2)CC1)C1CC1. The average Bonchev–Trinajstić information content (AvgIpc) is 3.26. The molecule has 0 aromatic heterocycles. The molecule has 2 saturated carbocycles. The molecule has 0 atom stereocenters. The Morgan fingerprint density at radius 2 is 1.71 bits per heavy atom. The number of likely N-dealkylation sites (tertiary alicyclic amines) is 1. The molecule has 3 fully saturated rings. The zero-order chi connectivity index (χ0) is 14.7. The Bertz CT molecular complexity index is 388. The number of piperidine rings is 1. The number of hydrogen-bond acceptors (Lipinski definition) is 2. The van der Waals surface area contributed by atoms with Gasteiger partial charge in [-0.05, 0) is 50.4 Å². The zero-order valence-electron chi connectivity index (χ0n) is 13.0. The van der Waals surface area contributed by atoms with Gasteiger partial charge in [-0.15, -0.1) is 0 Å². The lowest BCUT2D eigenvalue weighted by Crippen LogP contribution is -2.42. The summed E-state index contributed by atoms with van der Waals surface area (Å²) in [7, 11) is 0. The minimum absolute atomic E-state index is 0.184. The van der Waals surface area contributed by atoms with Crippen LogP contribution in [0.15, 0.2) is 0 Å². The highest BCUT2D eigenvalue weighted by molar-refractivity contribution is 5.81. The summed E-state index contributed by atoms with van der Waals surface area (Å²) in [6, 6.07) is 0. The number of carbonyl (C=O) groups is 2. The van der Waals surface area contributed by atoms with Crippen molar-refractivity contribution < 1.29 is 9.59 Å². The molecule has 0 radical (unpaired) electrons. The second-order valence-corrected chi connectivity index (χ2v) is 7.26. The lowest BCUT2D eigenvalue weighted by molar-refractivity contribution is -0.133. The maximum atomic E-state index is 12.2. The molecule has 1 heterocycles. The molecule has 0 aromatic carbocycles. The second kappa shape index (κ2) is 6.37. The molecule has 2 aliphatic carbocycles. The van der Waals surface area contributed by atoms with Crippen LogP contribution in [0.1, 0.15) is 64.2 Å². The summed E-state index contributed by atoms with van der Waals surface area (Å²) in [6.45, 7) is 2.55. The van der Waals surface area contributed by atoms with Gasteiger partial charge in [-0.3, -0.25) is 9.59 Å². The molecule has 0 bridgehead atoms. The van der Waals surface area contributed by atoms with Crippen molar-refractivity contribution in [3.8, 4) is 0 Å². The Labute approximate surface area is 127 Å². The first-order chi connectivity index (χ1) is 10.2. The summed E-state index contributed by atoms with van der Waals surface area (Å²) in [5.41, 5.74) is 0.578. The van der Waals surface area contributed by atoms with E-state index in [1.807, 2.05) is 4.90 Å². The van der Waals surface area contributed by atoms with Gasteiger partial charge in [0, 0.05) is 32.0 Å². The molecule has 1 aliphatic heterocycles. The van der Waals surface area contributed by atoms with Crippen molar-refractivity contribution in [2.24, 2.45) is 11.3 Å². The Morgan fingerprint density at radius 3 is 2.33 bits per heavy atom. The smallest absolute Gasteiger partial charge is 0.223 e. The van der Waals surface area contributed by atoms with Crippen molar-refractivity contribution in [1.82, 2.24) is 10.2 Å². The van der Waals surface area contributed by atoms with E-state index >= 15 is 0 Å². The monoisotopic (exact) mass is 292 g/mol. The van der Waals surface area contributed by atoms with E-state index in [0.717, 1.165) is 32.4 Å². The maximum absolute atomic E-state index is 12.2. The normalized spacial score (nSPS) is 24.3. The molecule has 0 unspecified atom stereocenters. The summed E-state index contributed by atoms with van der Waals surface area (Å²) in [4.78, 5) is 25.7. The van der Waals surface area contributed by atoms with Crippen molar-refractivity contribution >= 4 is 11.8 Å². The summed E-state index contributed by atoms with van der Waals surface area (Å²) in [5, 5.41) is 2.93. The van der Waals surface area contributed by atoms with Gasteiger partial charge in [0.1, 0.15) is 0 Å². The molecule has 4 heteroatoms. The van der Waals surface area contributed by atoms with Crippen LogP contribution >= 0.6 is 0 Å². The molecule has 118 valence electrons. The van der Waals surface area contributed by atoms with E-state index < -0.39 is 0 Å². The predicted octanol–water partition coefficient (Wildman–Crippen LogP) is 2.48. The van der Waals surface area contributed by atoms with Gasteiger partial charge in [0.25, 0.3) is 0 Å². The van der Waals surface area contributed by atoms with Crippen molar-refractivity contribution in [3.63, 3.8) is 0 Å². The fraction of sp³-hybridized carbons (Fsp3) is 0.882. The van der Waals surface area contributed by atoms with Crippen LogP contribution < -0.4 is 5.32 Å². The first-order valence-electron chi connectivity index (χ1n) is 8.74. The van der Waals surface area contributed by atoms with Gasteiger partial charge >= 0.3 is 0 Å². The van der Waals surface area contributed by atoms with Crippen LogP contribution in [-0.2, 0) is 9.59 Å². The average molecular weight is 292 g/mol. The number of amides is 2. The van der Waals surface area contributed by atoms with Gasteiger partial charge < -0.3 is 10.2 Å². The van der Waals surface area contributed by atoms with E-state index in [1.165, 1.54) is 38.5 Å². The molecule has 1 saturated heterocycles. The highest BCUT2D eigenvalue weighted by atomic mass is 16.2. The van der Waals surface area contributed by atoms with E-state index in [4.69, 9.17) is 0 Å². The number of nitrogens with zero attached hydrogens (tertiary/aromatic N) is 1. The molecule has 3 aliphatic rings. The standard InChI is InChI=1S/C17H28N2O2/c20-15(4-3-11-18-16(21)14-5-6-14)19-12-9-17(10-13-19)7-1-2-8-17/h14H,1-13H2,(H,18,21). The van der Waals surface area contributed by atoms with Crippen LogP contribution in [0.4, 0.5) is 0 Å². The van der Waals surface area contributed by atoms with Gasteiger partial charge in [-0.2, -0.15) is 0 Å². The Morgan fingerprint density at radius 1 is 1.05 bits per heavy atom. The zero-order valence-corrected chi connectivity index (χ0v) is 13.0. The van der Waals surface area contributed by atoms with Crippen LogP contribution in [0.25, 0.3) is 0 Å². The lowest BCUT2D eigenvalue weighted by Gasteiger charge is -2.39. The quantitative estimate of drug-likeness (QED) is 0.791. The number of carbonyl (C=O) groups excluding carboxylic acids is 2. The predicted molar refractivity (Wildman–Crippen MR) is 81.7 cm³/mol. The Kier molecular flexibility index (Phi) is 4.51. The molecular formula is C17H28N2O2. The van der Waals surface area contributed by atoms with Crippen LogP contribution in [0.2, 0.25) is 0 Å². The second-order valence-electron chi connectivity index (χ2n) is 7.26. The number of hydrogen-bond donors (Lipinski definition) is 1. The molecule has 1 N–H and O–H groups in total. The van der Waals surface area contributed by atoms with Gasteiger partial charge in [0.15, 0.2) is 0 Å². The summed E-state index contributed by atoms with van der Waals surface area (Å²) in [6.07, 6.45) is 11.4. The number of nitrogens with one attached hydrogen (secondary N) is 1. The van der Waals surface area contributed by atoms with Gasteiger partial charge in [0.05, 0.1) is 0 Å². The fourth-order valence-corrected chi connectivity index (χ4v) is 3.95. The third-order valence-corrected chi connectivity index (χ3v) is 5.66. The van der Waals surface area contributed by atoms with Gasteiger partial charge in [-0.1, -0.05) is 12.8 Å². The van der Waals surface area contributed by atoms with Gasteiger partial charge in [-0.25, -0.2) is 0 Å². The molecule has 21 heavy (non-hydrogen) atoms. The molecular weight excluding hydrogens is 264 g/mol. The first-order valence-corrected chi connectivity index (χ1v) is 8.74. The largest absolute Gasteiger partial charge is 0.356 e. The first kappa shape index (κ1) is 14.9. The van der Waals surface area contributed by atoms with Crippen molar-refractivity contribution in [2.45, 2.75) is 64.2 Å².